The van der Waals surface area contributed by atoms with E-state index in [1.807, 2.05) is 12.1 Å². The smallest absolute Gasteiger partial charge is 0.115 e. The fourth-order valence-electron chi connectivity index (χ4n) is 1.53. The van der Waals surface area contributed by atoms with Gasteiger partial charge in [-0.3, -0.25) is 0 Å². The highest BCUT2D eigenvalue weighted by Gasteiger charge is 2.05. The summed E-state index contributed by atoms with van der Waals surface area (Å²) in [6.45, 7) is 5.11. The lowest BCUT2D eigenvalue weighted by molar-refractivity contribution is 0.472. The first-order valence-electron chi connectivity index (χ1n) is 5.23. The summed E-state index contributed by atoms with van der Waals surface area (Å²) in [5.41, 5.74) is 1.11. The van der Waals surface area contributed by atoms with Crippen molar-refractivity contribution in [2.24, 2.45) is 0 Å². The van der Waals surface area contributed by atoms with E-state index in [4.69, 9.17) is 0 Å². The van der Waals surface area contributed by atoms with Crippen LogP contribution in [0.1, 0.15) is 25.8 Å². The lowest BCUT2D eigenvalue weighted by Crippen LogP contribution is -2.27. The van der Waals surface area contributed by atoms with E-state index in [-0.39, 0.29) is 0 Å². The molecule has 0 saturated heterocycles. The number of phenolic OH excluding ortho intramolecular Hbond substituents is 1. The Kier molecular flexibility index (Phi) is 5.12. The molecule has 2 unspecified atom stereocenters. The number of hydrogen-bond acceptors (Lipinski definition) is 2. The molecule has 0 bridgehead atoms. The van der Waals surface area contributed by atoms with Gasteiger partial charge in [0, 0.05) is 17.4 Å². The largest absolute Gasteiger partial charge is 0.508 e. The number of hydrogen-bond donors (Lipinski definition) is 2. The highest BCUT2D eigenvalue weighted by Crippen LogP contribution is 2.11. The molecule has 3 heteroatoms. The number of alkyl halides is 1. The Bertz CT molecular complexity index is 301. The van der Waals surface area contributed by atoms with Gasteiger partial charge in [0.2, 0.25) is 0 Å². The van der Waals surface area contributed by atoms with E-state index >= 15 is 0 Å². The zero-order chi connectivity index (χ0) is 11.3. The normalized spacial score (nSPS) is 14.9. The maximum atomic E-state index is 9.29. The van der Waals surface area contributed by atoms with Crippen LogP contribution < -0.4 is 5.32 Å². The Morgan fingerprint density at radius 2 is 2.13 bits per heavy atom. The summed E-state index contributed by atoms with van der Waals surface area (Å²) in [5.74, 6) is 0.329. The van der Waals surface area contributed by atoms with Crippen LogP contribution in [0.5, 0.6) is 5.75 Å². The zero-order valence-electron chi connectivity index (χ0n) is 9.20. The topological polar surface area (TPSA) is 32.3 Å². The van der Waals surface area contributed by atoms with Gasteiger partial charge in [-0.05, 0) is 31.0 Å². The van der Waals surface area contributed by atoms with Crippen molar-refractivity contribution in [3.05, 3.63) is 29.8 Å². The van der Waals surface area contributed by atoms with Crippen molar-refractivity contribution < 1.29 is 5.11 Å². The second-order valence-electron chi connectivity index (χ2n) is 3.97. The molecule has 2 nitrogen and oxygen atoms in total. The van der Waals surface area contributed by atoms with Gasteiger partial charge in [-0.15, -0.1) is 0 Å². The molecule has 0 spiro atoms. The fraction of sp³-hybridized carbons (Fsp3) is 0.500. The molecule has 0 radical (unpaired) electrons. The first kappa shape index (κ1) is 12.5. The zero-order valence-corrected chi connectivity index (χ0v) is 10.8. The van der Waals surface area contributed by atoms with E-state index in [1.165, 1.54) is 0 Å². The second kappa shape index (κ2) is 6.13. The number of aromatic hydroxyl groups is 1. The molecule has 0 saturated carbocycles. The van der Waals surface area contributed by atoms with Crippen LogP contribution in [-0.2, 0) is 6.54 Å². The second-order valence-corrected chi connectivity index (χ2v) is 5.53. The van der Waals surface area contributed by atoms with Crippen LogP contribution in [0.25, 0.3) is 0 Å². The molecule has 0 aliphatic rings. The Labute approximate surface area is 99.8 Å². The number of phenols is 1. The summed E-state index contributed by atoms with van der Waals surface area (Å²) in [6.07, 6.45) is 1.10. The number of benzene rings is 1. The minimum absolute atomic E-state index is 0.329. The average molecular weight is 272 g/mol. The van der Waals surface area contributed by atoms with Crippen molar-refractivity contribution in [2.75, 3.05) is 0 Å². The van der Waals surface area contributed by atoms with Crippen molar-refractivity contribution in [2.45, 2.75) is 37.7 Å². The summed E-state index contributed by atoms with van der Waals surface area (Å²) in [5, 5.41) is 12.7. The van der Waals surface area contributed by atoms with Crippen LogP contribution in [0.3, 0.4) is 0 Å². The summed E-state index contributed by atoms with van der Waals surface area (Å²) in [4.78, 5) is 0.532. The molecule has 0 aromatic heterocycles. The molecule has 0 amide bonds. The summed E-state index contributed by atoms with van der Waals surface area (Å²) >= 11 is 3.53. The molecule has 15 heavy (non-hydrogen) atoms. The summed E-state index contributed by atoms with van der Waals surface area (Å²) in [6, 6.07) is 7.83. The SMILES string of the molecule is CC(Br)CC(C)NCc1cccc(O)c1. The third-order valence-electron chi connectivity index (χ3n) is 2.24. The van der Waals surface area contributed by atoms with Crippen LogP contribution in [0.2, 0.25) is 0 Å². The molecule has 1 rings (SSSR count). The fourth-order valence-corrected chi connectivity index (χ4v) is 2.09. The molecule has 2 N–H and O–H groups in total. The standard InChI is InChI=1S/C12H18BrNO/c1-9(13)6-10(2)14-8-11-4-3-5-12(15)7-11/h3-5,7,9-10,14-15H,6,8H2,1-2H3. The van der Waals surface area contributed by atoms with Gasteiger partial charge in [-0.25, -0.2) is 0 Å². The van der Waals surface area contributed by atoms with Crippen LogP contribution in [-0.4, -0.2) is 16.0 Å². The summed E-state index contributed by atoms with van der Waals surface area (Å²) < 4.78 is 0. The maximum absolute atomic E-state index is 9.29. The van der Waals surface area contributed by atoms with Gasteiger partial charge in [0.15, 0.2) is 0 Å². The number of halogens is 1. The van der Waals surface area contributed by atoms with Gasteiger partial charge < -0.3 is 10.4 Å². The van der Waals surface area contributed by atoms with E-state index < -0.39 is 0 Å². The van der Waals surface area contributed by atoms with Crippen molar-refractivity contribution in [3.63, 3.8) is 0 Å². The van der Waals surface area contributed by atoms with Gasteiger partial charge in [0.1, 0.15) is 5.75 Å². The maximum Gasteiger partial charge on any atom is 0.115 e. The van der Waals surface area contributed by atoms with E-state index in [9.17, 15) is 5.11 Å². The Hall–Kier alpha value is -0.540. The predicted molar refractivity (Wildman–Crippen MR) is 67.4 cm³/mol. The molecule has 1 aromatic carbocycles. The van der Waals surface area contributed by atoms with Crippen molar-refractivity contribution >= 4 is 15.9 Å². The van der Waals surface area contributed by atoms with Crippen molar-refractivity contribution in [1.29, 1.82) is 0 Å². The van der Waals surface area contributed by atoms with Crippen LogP contribution in [0, 0.1) is 0 Å². The van der Waals surface area contributed by atoms with Gasteiger partial charge >= 0.3 is 0 Å². The molecule has 0 fully saturated rings. The van der Waals surface area contributed by atoms with E-state index in [2.05, 4.69) is 35.1 Å². The third kappa shape index (κ3) is 5.19. The minimum atomic E-state index is 0.329. The van der Waals surface area contributed by atoms with Crippen LogP contribution >= 0.6 is 15.9 Å². The van der Waals surface area contributed by atoms with E-state index in [1.54, 1.807) is 12.1 Å². The predicted octanol–water partition coefficient (Wildman–Crippen LogP) is 3.04. The molecule has 0 heterocycles. The van der Waals surface area contributed by atoms with Crippen LogP contribution in [0.15, 0.2) is 24.3 Å². The molecular formula is C12H18BrNO. The minimum Gasteiger partial charge on any atom is -0.508 e. The highest BCUT2D eigenvalue weighted by molar-refractivity contribution is 9.09. The van der Waals surface area contributed by atoms with Gasteiger partial charge in [-0.1, -0.05) is 35.0 Å². The monoisotopic (exact) mass is 271 g/mol. The van der Waals surface area contributed by atoms with E-state index in [0.29, 0.717) is 16.6 Å². The molecule has 0 aliphatic heterocycles. The first-order valence-corrected chi connectivity index (χ1v) is 6.15. The first-order chi connectivity index (χ1) is 7.08. The Balaban J connectivity index is 2.36. The number of nitrogens with one attached hydrogen (secondary N) is 1. The summed E-state index contributed by atoms with van der Waals surface area (Å²) in [7, 11) is 0. The van der Waals surface area contributed by atoms with Crippen molar-refractivity contribution in [3.8, 4) is 5.75 Å². The molecule has 1 aromatic rings. The van der Waals surface area contributed by atoms with Gasteiger partial charge in [0.05, 0.1) is 0 Å². The van der Waals surface area contributed by atoms with Gasteiger partial charge in [0.25, 0.3) is 0 Å². The van der Waals surface area contributed by atoms with E-state index in [0.717, 1.165) is 18.5 Å². The molecular weight excluding hydrogens is 254 g/mol. The number of rotatable bonds is 5. The van der Waals surface area contributed by atoms with Crippen LogP contribution in [0.4, 0.5) is 0 Å². The lowest BCUT2D eigenvalue weighted by Gasteiger charge is -2.15. The average Bonchev–Trinajstić information content (AvgIpc) is 2.14. The lowest BCUT2D eigenvalue weighted by atomic mass is 10.1. The Morgan fingerprint density at radius 1 is 1.40 bits per heavy atom. The molecule has 2 atom stereocenters. The third-order valence-corrected chi connectivity index (χ3v) is 2.62. The van der Waals surface area contributed by atoms with Gasteiger partial charge in [-0.2, -0.15) is 0 Å². The molecule has 0 aliphatic carbocycles. The van der Waals surface area contributed by atoms with Crippen molar-refractivity contribution in [1.82, 2.24) is 5.32 Å². The highest BCUT2D eigenvalue weighted by atomic mass is 79.9. The Morgan fingerprint density at radius 3 is 2.73 bits per heavy atom. The molecule has 84 valence electrons. The quantitative estimate of drug-likeness (QED) is 0.807.